The minimum Gasteiger partial charge on any atom is -0.458 e. The number of carbonyl (C=O) groups is 4. The molecule has 0 saturated heterocycles. The number of amides is 3. The van der Waals surface area contributed by atoms with Gasteiger partial charge in [0.15, 0.2) is 0 Å². The molecule has 3 amide bonds. The molecule has 0 bridgehead atoms. The van der Waals surface area contributed by atoms with Crippen molar-refractivity contribution in [3.05, 3.63) is 71.3 Å². The molecule has 0 aliphatic rings. The van der Waals surface area contributed by atoms with E-state index in [0.717, 1.165) is 17.5 Å². The minimum atomic E-state index is -1.08. The van der Waals surface area contributed by atoms with Gasteiger partial charge in [-0.25, -0.2) is 9.59 Å². The van der Waals surface area contributed by atoms with Crippen LogP contribution < -0.4 is 10.6 Å². The van der Waals surface area contributed by atoms with E-state index in [1.807, 2.05) is 82.3 Å². The van der Waals surface area contributed by atoms with Gasteiger partial charge in [-0.05, 0) is 71.9 Å². The van der Waals surface area contributed by atoms with E-state index in [2.05, 4.69) is 10.6 Å². The van der Waals surface area contributed by atoms with Gasteiger partial charge in [-0.15, -0.1) is 0 Å². The molecule has 46 heavy (non-hydrogen) atoms. The molecule has 0 fully saturated rings. The normalized spacial score (nSPS) is 14.3. The molecule has 9 heteroatoms. The fraction of sp³-hybridized carbons (Fsp3) is 0.568. The van der Waals surface area contributed by atoms with Crippen LogP contribution in [0.4, 0.5) is 4.79 Å². The standard InChI is InChI=1S/C37H55N3O6/c1-11-13-22-40(33(42)30(26(4)12-2)39-35(44)46-37(8,9)10)31(28-21-17-18-25(3)23-28)32(41)38-29(34(43)45-36(5,6)7)24-27-19-15-14-16-20-27/h14-21,23,26,29-31H,11-13,22,24H2,1-10H3,(H,38,41)(H,39,44). The smallest absolute Gasteiger partial charge is 0.408 e. The first-order chi connectivity index (χ1) is 21.5. The highest BCUT2D eigenvalue weighted by atomic mass is 16.6. The third-order valence-corrected chi connectivity index (χ3v) is 7.40. The lowest BCUT2D eigenvalue weighted by molar-refractivity contribution is -0.159. The first-order valence-corrected chi connectivity index (χ1v) is 16.4. The number of esters is 1. The second-order valence-corrected chi connectivity index (χ2v) is 14.0. The van der Waals surface area contributed by atoms with E-state index in [1.54, 1.807) is 41.5 Å². The molecule has 4 unspecified atom stereocenters. The summed E-state index contributed by atoms with van der Waals surface area (Å²) in [5.41, 5.74) is 0.838. The SMILES string of the molecule is CCCCN(C(=O)C(NC(=O)OC(C)(C)C)C(C)CC)C(C(=O)NC(Cc1ccccc1)C(=O)OC(C)(C)C)c1cccc(C)c1. The summed E-state index contributed by atoms with van der Waals surface area (Å²) < 4.78 is 11.2. The van der Waals surface area contributed by atoms with Crippen molar-refractivity contribution < 1.29 is 28.7 Å². The van der Waals surface area contributed by atoms with Crippen molar-refractivity contribution in [2.75, 3.05) is 6.54 Å². The lowest BCUT2D eigenvalue weighted by Crippen LogP contribution is -2.56. The number of alkyl carbamates (subject to hydrolysis) is 1. The maximum Gasteiger partial charge on any atom is 0.408 e. The van der Waals surface area contributed by atoms with Crippen molar-refractivity contribution >= 4 is 23.9 Å². The van der Waals surface area contributed by atoms with Crippen LogP contribution >= 0.6 is 0 Å². The van der Waals surface area contributed by atoms with E-state index < -0.39 is 53.2 Å². The van der Waals surface area contributed by atoms with E-state index in [9.17, 15) is 19.2 Å². The Balaban J connectivity index is 2.62. The molecular formula is C37H55N3O6. The maximum absolute atomic E-state index is 14.5. The molecule has 0 aliphatic carbocycles. The molecule has 0 heterocycles. The molecule has 9 nitrogen and oxygen atoms in total. The quantitative estimate of drug-likeness (QED) is 0.224. The average Bonchev–Trinajstić information content (AvgIpc) is 2.95. The van der Waals surface area contributed by atoms with E-state index in [4.69, 9.17) is 9.47 Å². The number of ether oxygens (including phenoxy) is 2. The first-order valence-electron chi connectivity index (χ1n) is 16.4. The Bertz CT molecular complexity index is 1300. The zero-order chi connectivity index (χ0) is 34.7. The van der Waals surface area contributed by atoms with Crippen LogP contribution in [0, 0.1) is 12.8 Å². The molecule has 254 valence electrons. The van der Waals surface area contributed by atoms with Crippen LogP contribution in [0.25, 0.3) is 0 Å². The first kappa shape index (κ1) is 38.3. The van der Waals surface area contributed by atoms with Gasteiger partial charge in [0, 0.05) is 13.0 Å². The lowest BCUT2D eigenvalue weighted by atomic mass is 9.95. The minimum absolute atomic E-state index is 0.209. The van der Waals surface area contributed by atoms with Gasteiger partial charge in [0.05, 0.1) is 0 Å². The summed E-state index contributed by atoms with van der Waals surface area (Å²) in [4.78, 5) is 57.0. The summed E-state index contributed by atoms with van der Waals surface area (Å²) in [6, 6.07) is 13.8. The average molecular weight is 638 g/mol. The fourth-order valence-corrected chi connectivity index (χ4v) is 4.97. The highest BCUT2D eigenvalue weighted by Crippen LogP contribution is 2.27. The van der Waals surface area contributed by atoms with Gasteiger partial charge in [-0.2, -0.15) is 0 Å². The molecular weight excluding hydrogens is 582 g/mol. The van der Waals surface area contributed by atoms with Crippen molar-refractivity contribution in [2.24, 2.45) is 5.92 Å². The van der Waals surface area contributed by atoms with Crippen LogP contribution in [-0.4, -0.2) is 58.6 Å². The van der Waals surface area contributed by atoms with Gasteiger partial charge in [-0.1, -0.05) is 93.8 Å². The number of rotatable bonds is 14. The summed E-state index contributed by atoms with van der Waals surface area (Å²) in [6.07, 6.45) is 1.51. The van der Waals surface area contributed by atoms with Crippen LogP contribution in [-0.2, 0) is 30.3 Å². The van der Waals surface area contributed by atoms with E-state index in [-0.39, 0.29) is 18.9 Å². The Morgan fingerprint density at radius 3 is 2.02 bits per heavy atom. The second kappa shape index (κ2) is 17.2. The molecule has 0 aromatic heterocycles. The Hall–Kier alpha value is -3.88. The third-order valence-electron chi connectivity index (χ3n) is 7.40. The summed E-state index contributed by atoms with van der Waals surface area (Å²) in [6.45, 7) is 18.6. The summed E-state index contributed by atoms with van der Waals surface area (Å²) in [5, 5.41) is 5.75. The highest BCUT2D eigenvalue weighted by molar-refractivity contribution is 5.94. The predicted molar refractivity (Wildman–Crippen MR) is 181 cm³/mol. The number of hydrogen-bond donors (Lipinski definition) is 2. The van der Waals surface area contributed by atoms with E-state index >= 15 is 0 Å². The molecule has 0 saturated carbocycles. The molecule has 0 radical (unpaired) electrons. The summed E-state index contributed by atoms with van der Waals surface area (Å²) >= 11 is 0. The predicted octanol–water partition coefficient (Wildman–Crippen LogP) is 6.67. The Labute approximate surface area is 275 Å². The third kappa shape index (κ3) is 12.5. The summed E-state index contributed by atoms with van der Waals surface area (Å²) in [5.74, 6) is -1.73. The molecule has 2 N–H and O–H groups in total. The molecule has 0 spiro atoms. The largest absolute Gasteiger partial charge is 0.458 e. The van der Waals surface area contributed by atoms with Gasteiger partial charge in [0.25, 0.3) is 0 Å². The zero-order valence-corrected chi connectivity index (χ0v) is 29.4. The zero-order valence-electron chi connectivity index (χ0n) is 29.4. The van der Waals surface area contributed by atoms with Gasteiger partial charge < -0.3 is 25.0 Å². The van der Waals surface area contributed by atoms with Gasteiger partial charge in [-0.3, -0.25) is 9.59 Å². The van der Waals surface area contributed by atoms with Crippen LogP contribution in [0.15, 0.2) is 54.6 Å². The number of aryl methyl sites for hydroxylation is 1. The Morgan fingerprint density at radius 1 is 0.848 bits per heavy atom. The molecule has 2 aromatic rings. The molecule has 0 aliphatic heterocycles. The second-order valence-electron chi connectivity index (χ2n) is 14.0. The van der Waals surface area contributed by atoms with Gasteiger partial charge >= 0.3 is 12.1 Å². The number of benzene rings is 2. The van der Waals surface area contributed by atoms with Crippen LogP contribution in [0.2, 0.25) is 0 Å². The molecule has 4 atom stereocenters. The van der Waals surface area contributed by atoms with Crippen molar-refractivity contribution in [3.8, 4) is 0 Å². The van der Waals surface area contributed by atoms with Crippen LogP contribution in [0.5, 0.6) is 0 Å². The van der Waals surface area contributed by atoms with E-state index in [0.29, 0.717) is 18.4 Å². The number of carbonyl (C=O) groups excluding carboxylic acids is 4. The number of nitrogens with zero attached hydrogens (tertiary/aromatic N) is 1. The van der Waals surface area contributed by atoms with Crippen molar-refractivity contribution in [1.82, 2.24) is 15.5 Å². The molecule has 2 rings (SSSR count). The number of unbranched alkanes of at least 4 members (excludes halogenated alkanes) is 1. The fourth-order valence-electron chi connectivity index (χ4n) is 4.97. The van der Waals surface area contributed by atoms with Crippen molar-refractivity contribution in [1.29, 1.82) is 0 Å². The van der Waals surface area contributed by atoms with Gasteiger partial charge in [0.1, 0.15) is 29.3 Å². The Kier molecular flexibility index (Phi) is 14.3. The van der Waals surface area contributed by atoms with Crippen LogP contribution in [0.3, 0.4) is 0 Å². The van der Waals surface area contributed by atoms with Crippen molar-refractivity contribution in [3.63, 3.8) is 0 Å². The highest BCUT2D eigenvalue weighted by Gasteiger charge is 2.39. The lowest BCUT2D eigenvalue weighted by Gasteiger charge is -2.36. The Morgan fingerprint density at radius 2 is 1.48 bits per heavy atom. The topological polar surface area (TPSA) is 114 Å². The maximum atomic E-state index is 14.5. The monoisotopic (exact) mass is 637 g/mol. The number of nitrogens with one attached hydrogen (secondary N) is 2. The molecule has 2 aromatic carbocycles. The summed E-state index contributed by atoms with van der Waals surface area (Å²) in [7, 11) is 0. The van der Waals surface area contributed by atoms with Gasteiger partial charge in [0.2, 0.25) is 11.8 Å². The number of hydrogen-bond acceptors (Lipinski definition) is 6. The van der Waals surface area contributed by atoms with Crippen molar-refractivity contribution in [2.45, 2.75) is 124 Å². The van der Waals surface area contributed by atoms with Crippen LogP contribution in [0.1, 0.15) is 104 Å². The van der Waals surface area contributed by atoms with E-state index in [1.165, 1.54) is 4.90 Å².